The third-order valence-electron chi connectivity index (χ3n) is 4.79. The Morgan fingerprint density at radius 2 is 1.34 bits per heavy atom. The summed E-state index contributed by atoms with van der Waals surface area (Å²) in [5.41, 5.74) is 16.4. The highest BCUT2D eigenvalue weighted by Gasteiger charge is 2.30. The van der Waals surface area contributed by atoms with Gasteiger partial charge in [0, 0.05) is 12.8 Å². The van der Waals surface area contributed by atoms with Crippen LogP contribution in [0.15, 0.2) is 30.3 Å². The molecule has 1 aromatic carbocycles. The highest BCUT2D eigenvalue weighted by molar-refractivity contribution is 5.95. The minimum absolute atomic E-state index is 0.0137. The van der Waals surface area contributed by atoms with Crippen LogP contribution in [0.5, 0.6) is 0 Å². The quantitative estimate of drug-likeness (QED) is 0.119. The largest absolute Gasteiger partial charge is 0.480 e. The molecular weight excluding hydrogens is 464 g/mol. The van der Waals surface area contributed by atoms with Crippen molar-refractivity contribution in [1.29, 1.82) is 0 Å². The Morgan fingerprint density at radius 1 is 0.800 bits per heavy atom. The highest BCUT2D eigenvalue weighted by Crippen LogP contribution is 2.05. The molecule has 0 saturated carbocycles. The zero-order chi connectivity index (χ0) is 26.5. The molecule has 14 nitrogen and oxygen atoms in total. The van der Waals surface area contributed by atoms with Gasteiger partial charge in [-0.25, -0.2) is 4.79 Å². The number of primary amides is 2. The lowest BCUT2D eigenvalue weighted by molar-refractivity contribution is -0.144. The number of nitrogens with two attached hydrogens (primary N) is 3. The van der Waals surface area contributed by atoms with Gasteiger partial charge in [0.2, 0.25) is 29.5 Å². The number of carboxylic acids is 1. The fourth-order valence-electron chi connectivity index (χ4n) is 2.91. The third kappa shape index (κ3) is 10.6. The molecule has 0 aliphatic rings. The van der Waals surface area contributed by atoms with Crippen molar-refractivity contribution in [3.63, 3.8) is 0 Å². The second-order valence-corrected chi connectivity index (χ2v) is 7.68. The second-order valence-electron chi connectivity index (χ2n) is 7.68. The number of carbonyl (C=O) groups excluding carboxylic acids is 5. The summed E-state index contributed by atoms with van der Waals surface area (Å²) < 4.78 is 0. The van der Waals surface area contributed by atoms with Crippen LogP contribution in [0.25, 0.3) is 0 Å². The van der Waals surface area contributed by atoms with Crippen molar-refractivity contribution < 1.29 is 39.0 Å². The highest BCUT2D eigenvalue weighted by atomic mass is 16.4. The normalized spacial score (nSPS) is 14.0. The number of rotatable bonds is 15. The fraction of sp³-hybridized carbons (Fsp3) is 0.429. The molecule has 0 fully saturated rings. The number of aliphatic hydroxyl groups excluding tert-OH is 1. The number of carbonyl (C=O) groups is 6. The standard InChI is InChI=1S/C21H30N6O8/c22-12(6-7-16(23)29)18(31)25-13(8-11-4-2-1-3-5-11)19(32)27-15(10-28)20(33)26-14(21(34)35)9-17(24)30/h1-5,12-15,28H,6-10,22H2,(H2,23,29)(H2,24,30)(H,25,31)(H,26,33)(H,27,32)(H,34,35). The average Bonchev–Trinajstić information content (AvgIpc) is 2.79. The maximum absolute atomic E-state index is 12.9. The van der Waals surface area contributed by atoms with E-state index < -0.39 is 72.7 Å². The zero-order valence-corrected chi connectivity index (χ0v) is 18.8. The summed E-state index contributed by atoms with van der Waals surface area (Å²) in [4.78, 5) is 71.0. The summed E-state index contributed by atoms with van der Waals surface area (Å²) >= 11 is 0. The summed E-state index contributed by atoms with van der Waals surface area (Å²) in [5, 5.41) is 25.4. The molecule has 11 N–H and O–H groups in total. The van der Waals surface area contributed by atoms with Crippen molar-refractivity contribution in [2.75, 3.05) is 6.61 Å². The molecule has 192 valence electrons. The van der Waals surface area contributed by atoms with Gasteiger partial charge < -0.3 is 43.4 Å². The van der Waals surface area contributed by atoms with Gasteiger partial charge in [0.15, 0.2) is 0 Å². The monoisotopic (exact) mass is 494 g/mol. The van der Waals surface area contributed by atoms with Gasteiger partial charge >= 0.3 is 5.97 Å². The SMILES string of the molecule is NC(=O)CCC(N)C(=O)NC(Cc1ccccc1)C(=O)NC(CO)C(=O)NC(CC(N)=O)C(=O)O. The van der Waals surface area contributed by atoms with Gasteiger partial charge in [0.25, 0.3) is 0 Å². The molecule has 0 aliphatic heterocycles. The Labute approximate surface area is 200 Å². The number of hydrogen-bond acceptors (Lipinski definition) is 8. The molecule has 0 aliphatic carbocycles. The van der Waals surface area contributed by atoms with Crippen LogP contribution in [0.1, 0.15) is 24.8 Å². The lowest BCUT2D eigenvalue weighted by Gasteiger charge is -2.24. The molecule has 35 heavy (non-hydrogen) atoms. The van der Waals surface area contributed by atoms with Gasteiger partial charge in [-0.1, -0.05) is 30.3 Å². The number of benzene rings is 1. The van der Waals surface area contributed by atoms with Crippen LogP contribution < -0.4 is 33.2 Å². The van der Waals surface area contributed by atoms with Gasteiger partial charge in [-0.05, 0) is 12.0 Å². The Hall–Kier alpha value is -4.04. The Morgan fingerprint density at radius 3 is 1.86 bits per heavy atom. The first-order valence-corrected chi connectivity index (χ1v) is 10.6. The van der Waals surface area contributed by atoms with Crippen LogP contribution in [0.4, 0.5) is 0 Å². The van der Waals surface area contributed by atoms with Crippen LogP contribution in [0.3, 0.4) is 0 Å². The van der Waals surface area contributed by atoms with Crippen molar-refractivity contribution in [2.24, 2.45) is 17.2 Å². The number of hydrogen-bond donors (Lipinski definition) is 8. The molecule has 1 rings (SSSR count). The first-order valence-electron chi connectivity index (χ1n) is 10.6. The molecule has 0 radical (unpaired) electrons. The molecule has 0 bridgehead atoms. The maximum Gasteiger partial charge on any atom is 0.326 e. The Kier molecular flexibility index (Phi) is 11.8. The van der Waals surface area contributed by atoms with E-state index in [-0.39, 0.29) is 19.3 Å². The second kappa shape index (κ2) is 14.3. The van der Waals surface area contributed by atoms with Crippen molar-refractivity contribution in [3.8, 4) is 0 Å². The summed E-state index contributed by atoms with van der Waals surface area (Å²) in [5.74, 6) is -5.89. The summed E-state index contributed by atoms with van der Waals surface area (Å²) in [6, 6.07) is 2.88. The number of aliphatic carboxylic acids is 1. The van der Waals surface area contributed by atoms with Crippen LogP contribution in [0, 0.1) is 0 Å². The fourth-order valence-corrected chi connectivity index (χ4v) is 2.91. The summed E-state index contributed by atoms with van der Waals surface area (Å²) in [7, 11) is 0. The van der Waals surface area contributed by atoms with E-state index in [2.05, 4.69) is 10.6 Å². The number of carboxylic acid groups (broad SMARTS) is 1. The average molecular weight is 495 g/mol. The number of nitrogens with one attached hydrogen (secondary N) is 3. The minimum Gasteiger partial charge on any atom is -0.480 e. The van der Waals surface area contributed by atoms with Crippen LogP contribution in [-0.4, -0.2) is 76.5 Å². The summed E-state index contributed by atoms with van der Waals surface area (Å²) in [6.07, 6.45) is -0.922. The predicted molar refractivity (Wildman–Crippen MR) is 121 cm³/mol. The van der Waals surface area contributed by atoms with Crippen molar-refractivity contribution >= 4 is 35.5 Å². The van der Waals surface area contributed by atoms with E-state index in [1.54, 1.807) is 30.3 Å². The molecule has 0 saturated heterocycles. The van der Waals surface area contributed by atoms with Gasteiger partial charge in [0.1, 0.15) is 18.1 Å². The number of amides is 5. The van der Waals surface area contributed by atoms with E-state index >= 15 is 0 Å². The predicted octanol–water partition coefficient (Wildman–Crippen LogP) is -3.77. The zero-order valence-electron chi connectivity index (χ0n) is 18.8. The Balaban J connectivity index is 2.98. The van der Waals surface area contributed by atoms with Crippen LogP contribution in [-0.2, 0) is 35.2 Å². The number of aliphatic hydroxyl groups is 1. The first-order chi connectivity index (χ1) is 16.4. The van der Waals surface area contributed by atoms with Crippen LogP contribution >= 0.6 is 0 Å². The van der Waals surface area contributed by atoms with Crippen molar-refractivity contribution in [2.45, 2.75) is 49.9 Å². The first kappa shape index (κ1) is 29.0. The minimum atomic E-state index is -1.67. The Bertz CT molecular complexity index is 926. The lowest BCUT2D eigenvalue weighted by Crippen LogP contribution is -2.58. The van der Waals surface area contributed by atoms with Gasteiger partial charge in [-0.2, -0.15) is 0 Å². The van der Waals surface area contributed by atoms with Gasteiger partial charge in [-0.3, -0.25) is 24.0 Å². The molecule has 14 heteroatoms. The van der Waals surface area contributed by atoms with Crippen LogP contribution in [0.2, 0.25) is 0 Å². The molecule has 0 spiro atoms. The lowest BCUT2D eigenvalue weighted by atomic mass is 10.0. The molecule has 0 aromatic heterocycles. The molecule has 1 aromatic rings. The third-order valence-corrected chi connectivity index (χ3v) is 4.79. The van der Waals surface area contributed by atoms with E-state index in [9.17, 15) is 33.9 Å². The van der Waals surface area contributed by atoms with E-state index in [1.807, 2.05) is 5.32 Å². The molecule has 4 unspecified atom stereocenters. The van der Waals surface area contributed by atoms with Crippen molar-refractivity contribution in [3.05, 3.63) is 35.9 Å². The van der Waals surface area contributed by atoms with E-state index in [0.29, 0.717) is 5.56 Å². The van der Waals surface area contributed by atoms with Gasteiger partial charge in [-0.15, -0.1) is 0 Å². The van der Waals surface area contributed by atoms with Gasteiger partial charge in [0.05, 0.1) is 19.1 Å². The maximum atomic E-state index is 12.9. The topological polar surface area (TPSA) is 257 Å². The molecule has 5 amide bonds. The smallest absolute Gasteiger partial charge is 0.326 e. The van der Waals surface area contributed by atoms with E-state index in [0.717, 1.165) is 0 Å². The van der Waals surface area contributed by atoms with E-state index in [4.69, 9.17) is 22.3 Å². The van der Waals surface area contributed by atoms with Crippen molar-refractivity contribution in [1.82, 2.24) is 16.0 Å². The molecule has 0 heterocycles. The summed E-state index contributed by atoms with van der Waals surface area (Å²) in [6.45, 7) is -0.912. The van der Waals surface area contributed by atoms with E-state index in [1.165, 1.54) is 0 Å². The molecular formula is C21H30N6O8. The molecule has 4 atom stereocenters.